The summed E-state index contributed by atoms with van der Waals surface area (Å²) >= 11 is 0. The van der Waals surface area contributed by atoms with Crippen LogP contribution in [0.25, 0.3) is 0 Å². The lowest BCUT2D eigenvalue weighted by molar-refractivity contribution is -0.384. The SMILES string of the molecule is CC(C)Oc1ccccc1N1CCN(CC2CC(C(=O)N3CCc4ccc([N+](=O)[O-])cc43)=NO2)CC1. The molecule has 1 atom stereocenters. The first-order chi connectivity index (χ1) is 17.4. The number of benzene rings is 2. The summed E-state index contributed by atoms with van der Waals surface area (Å²) in [5, 5.41) is 15.3. The summed E-state index contributed by atoms with van der Waals surface area (Å²) in [5.41, 5.74) is 3.00. The zero-order valence-corrected chi connectivity index (χ0v) is 20.6. The maximum absolute atomic E-state index is 13.2. The van der Waals surface area contributed by atoms with Crippen molar-refractivity contribution >= 4 is 28.7 Å². The van der Waals surface area contributed by atoms with Crippen molar-refractivity contribution in [2.24, 2.45) is 5.16 Å². The van der Waals surface area contributed by atoms with Crippen LogP contribution in [0.3, 0.4) is 0 Å². The van der Waals surface area contributed by atoms with Crippen molar-refractivity contribution in [2.75, 3.05) is 49.1 Å². The third-order valence-corrected chi connectivity index (χ3v) is 6.80. The van der Waals surface area contributed by atoms with Gasteiger partial charge in [-0.05, 0) is 38.0 Å². The van der Waals surface area contributed by atoms with E-state index >= 15 is 0 Å². The summed E-state index contributed by atoms with van der Waals surface area (Å²) in [6.45, 7) is 8.75. The first-order valence-electron chi connectivity index (χ1n) is 12.4. The molecule has 1 amide bonds. The Kier molecular flexibility index (Phi) is 6.77. The number of ether oxygens (including phenoxy) is 1. The van der Waals surface area contributed by atoms with Gasteiger partial charge in [0.25, 0.3) is 11.6 Å². The van der Waals surface area contributed by atoms with Crippen LogP contribution in [-0.2, 0) is 16.1 Å². The number of hydrogen-bond donors (Lipinski definition) is 0. The Hall–Kier alpha value is -3.66. The van der Waals surface area contributed by atoms with E-state index in [2.05, 4.69) is 21.0 Å². The van der Waals surface area contributed by atoms with Gasteiger partial charge in [0.1, 0.15) is 17.6 Å². The van der Waals surface area contributed by atoms with Crippen LogP contribution in [0.15, 0.2) is 47.6 Å². The van der Waals surface area contributed by atoms with Crippen LogP contribution >= 0.6 is 0 Å². The van der Waals surface area contributed by atoms with Gasteiger partial charge in [-0.15, -0.1) is 0 Å². The molecule has 2 aromatic carbocycles. The van der Waals surface area contributed by atoms with E-state index in [1.54, 1.807) is 11.0 Å². The number of non-ortho nitro benzene ring substituents is 1. The summed E-state index contributed by atoms with van der Waals surface area (Å²) in [6.07, 6.45) is 1.05. The molecule has 5 rings (SSSR count). The van der Waals surface area contributed by atoms with Crippen molar-refractivity contribution in [1.29, 1.82) is 0 Å². The summed E-state index contributed by atoms with van der Waals surface area (Å²) in [5.74, 6) is 0.675. The number of rotatable bonds is 7. The highest BCUT2D eigenvalue weighted by molar-refractivity contribution is 6.44. The fraction of sp³-hybridized carbons (Fsp3) is 0.462. The van der Waals surface area contributed by atoms with Crippen molar-refractivity contribution in [3.05, 3.63) is 58.1 Å². The van der Waals surface area contributed by atoms with Gasteiger partial charge in [-0.25, -0.2) is 0 Å². The van der Waals surface area contributed by atoms with Gasteiger partial charge in [0.2, 0.25) is 0 Å². The summed E-state index contributed by atoms with van der Waals surface area (Å²) in [7, 11) is 0. The average Bonchev–Trinajstić information content (AvgIpc) is 3.51. The van der Waals surface area contributed by atoms with Crippen LogP contribution in [0, 0.1) is 10.1 Å². The molecule has 0 saturated carbocycles. The maximum atomic E-state index is 13.2. The van der Waals surface area contributed by atoms with Gasteiger partial charge in [-0.3, -0.25) is 19.8 Å². The molecule has 2 aromatic rings. The minimum absolute atomic E-state index is 0.0199. The Labute approximate surface area is 210 Å². The van der Waals surface area contributed by atoms with Gasteiger partial charge in [-0.1, -0.05) is 23.4 Å². The van der Waals surface area contributed by atoms with Crippen molar-refractivity contribution in [2.45, 2.75) is 38.9 Å². The molecule has 0 aliphatic carbocycles. The highest BCUT2D eigenvalue weighted by atomic mass is 16.6. The smallest absolute Gasteiger partial charge is 0.276 e. The van der Waals surface area contributed by atoms with E-state index in [1.807, 2.05) is 32.0 Å². The van der Waals surface area contributed by atoms with Crippen molar-refractivity contribution in [3.8, 4) is 5.75 Å². The fourth-order valence-corrected chi connectivity index (χ4v) is 5.03. The Morgan fingerprint density at radius 1 is 1.14 bits per heavy atom. The molecule has 36 heavy (non-hydrogen) atoms. The standard InChI is InChI=1S/C26H31N5O5/c1-18(2)35-25-6-4-3-5-23(25)29-13-11-28(12-14-29)17-21-16-22(27-36-21)26(32)30-10-9-19-7-8-20(31(33)34)15-24(19)30/h3-8,15,18,21H,9-14,16-17H2,1-2H3. The molecule has 3 aliphatic rings. The van der Waals surface area contributed by atoms with E-state index in [9.17, 15) is 14.9 Å². The number of anilines is 2. The highest BCUT2D eigenvalue weighted by Gasteiger charge is 2.35. The van der Waals surface area contributed by atoms with Gasteiger partial charge in [-0.2, -0.15) is 0 Å². The van der Waals surface area contributed by atoms with Crippen molar-refractivity contribution in [1.82, 2.24) is 4.90 Å². The van der Waals surface area contributed by atoms with E-state index in [0.29, 0.717) is 37.3 Å². The lowest BCUT2D eigenvalue weighted by atomic mass is 10.1. The van der Waals surface area contributed by atoms with E-state index in [0.717, 1.165) is 43.2 Å². The van der Waals surface area contributed by atoms with Gasteiger partial charge in [0.05, 0.1) is 22.4 Å². The molecule has 0 N–H and O–H groups in total. The molecular weight excluding hydrogens is 462 g/mol. The topological polar surface area (TPSA) is 101 Å². The first kappa shape index (κ1) is 24.1. The molecule has 10 nitrogen and oxygen atoms in total. The Bertz CT molecular complexity index is 1180. The second-order valence-electron chi connectivity index (χ2n) is 9.67. The molecule has 190 valence electrons. The predicted octanol–water partition coefficient (Wildman–Crippen LogP) is 3.24. The number of oxime groups is 1. The summed E-state index contributed by atoms with van der Waals surface area (Å²) in [6, 6.07) is 12.8. The van der Waals surface area contributed by atoms with Crippen LogP contribution < -0.4 is 14.5 Å². The minimum Gasteiger partial charge on any atom is -0.489 e. The Balaban J connectivity index is 1.14. The molecule has 0 radical (unpaired) electrons. The van der Waals surface area contributed by atoms with E-state index < -0.39 is 4.92 Å². The molecule has 0 bridgehead atoms. The number of piperazine rings is 1. The molecule has 0 aromatic heterocycles. The van der Waals surface area contributed by atoms with Gasteiger partial charge >= 0.3 is 0 Å². The number of nitro groups is 1. The quantitative estimate of drug-likeness (QED) is 0.431. The van der Waals surface area contributed by atoms with Gasteiger partial charge < -0.3 is 19.4 Å². The molecule has 10 heteroatoms. The number of amides is 1. The second-order valence-corrected chi connectivity index (χ2v) is 9.67. The maximum Gasteiger partial charge on any atom is 0.276 e. The van der Waals surface area contributed by atoms with Gasteiger partial charge in [0.15, 0.2) is 0 Å². The molecule has 1 saturated heterocycles. The lowest BCUT2D eigenvalue weighted by Crippen LogP contribution is -2.48. The van der Waals surface area contributed by atoms with Crippen LogP contribution in [0.1, 0.15) is 25.8 Å². The van der Waals surface area contributed by atoms with Crippen LogP contribution in [0.5, 0.6) is 5.75 Å². The second kappa shape index (κ2) is 10.1. The monoisotopic (exact) mass is 493 g/mol. The molecule has 3 aliphatic heterocycles. The van der Waals surface area contributed by atoms with Crippen molar-refractivity contribution < 1.29 is 19.3 Å². The van der Waals surface area contributed by atoms with Crippen molar-refractivity contribution in [3.63, 3.8) is 0 Å². The number of nitrogens with zero attached hydrogens (tertiary/aromatic N) is 5. The molecule has 3 heterocycles. The molecule has 0 spiro atoms. The zero-order valence-electron chi connectivity index (χ0n) is 20.6. The molecule has 1 fully saturated rings. The Morgan fingerprint density at radius 3 is 2.67 bits per heavy atom. The zero-order chi connectivity index (χ0) is 25.2. The van der Waals surface area contributed by atoms with Crippen LogP contribution in [0.4, 0.5) is 17.1 Å². The summed E-state index contributed by atoms with van der Waals surface area (Å²) in [4.78, 5) is 35.8. The normalized spacial score (nSPS) is 19.8. The average molecular weight is 494 g/mol. The number of carbonyl (C=O) groups excluding carboxylic acids is 1. The fourth-order valence-electron chi connectivity index (χ4n) is 5.03. The third kappa shape index (κ3) is 4.99. The molecule has 1 unspecified atom stereocenters. The largest absolute Gasteiger partial charge is 0.489 e. The first-order valence-corrected chi connectivity index (χ1v) is 12.4. The van der Waals surface area contributed by atoms with Crippen LogP contribution in [-0.4, -0.2) is 72.9 Å². The Morgan fingerprint density at radius 2 is 1.92 bits per heavy atom. The van der Waals surface area contributed by atoms with E-state index in [-0.39, 0.29) is 23.8 Å². The highest BCUT2D eigenvalue weighted by Crippen LogP contribution is 2.33. The number of nitro benzene ring substituents is 1. The summed E-state index contributed by atoms with van der Waals surface area (Å²) < 4.78 is 5.99. The van der Waals surface area contributed by atoms with Crippen LogP contribution in [0.2, 0.25) is 0 Å². The number of hydrogen-bond acceptors (Lipinski definition) is 8. The van der Waals surface area contributed by atoms with E-state index in [1.165, 1.54) is 12.1 Å². The minimum atomic E-state index is -0.441. The van der Waals surface area contributed by atoms with Gasteiger partial charge in [0, 0.05) is 57.8 Å². The number of carbonyl (C=O) groups is 1. The van der Waals surface area contributed by atoms with E-state index in [4.69, 9.17) is 9.57 Å². The lowest BCUT2D eigenvalue weighted by Gasteiger charge is -2.37. The third-order valence-electron chi connectivity index (χ3n) is 6.80. The number of fused-ring (bicyclic) bond motifs is 1. The predicted molar refractivity (Wildman–Crippen MR) is 137 cm³/mol. The molecular formula is C26H31N5O5. The number of para-hydroxylation sites is 2.